The smallest absolute Gasteiger partial charge is 0.269 e. The molecule has 0 radical (unpaired) electrons. The van der Waals surface area contributed by atoms with Crippen molar-refractivity contribution in [2.45, 2.75) is 13.5 Å². The first-order valence-electron chi connectivity index (χ1n) is 5.79. The second kappa shape index (κ2) is 5.71. The Morgan fingerprint density at radius 1 is 1.21 bits per heavy atom. The minimum Gasteiger partial charge on any atom is -0.381 e. The molecule has 4 nitrogen and oxygen atoms in total. The monoisotopic (exact) mass is 276 g/mol. The van der Waals surface area contributed by atoms with Crippen LogP contribution in [0.4, 0.5) is 11.4 Å². The molecule has 19 heavy (non-hydrogen) atoms. The van der Waals surface area contributed by atoms with E-state index in [0.717, 1.165) is 21.8 Å². The molecule has 0 aliphatic carbocycles. The fourth-order valence-corrected chi connectivity index (χ4v) is 1.98. The Kier molecular flexibility index (Phi) is 4.02. The van der Waals surface area contributed by atoms with Gasteiger partial charge in [-0.1, -0.05) is 17.7 Å². The van der Waals surface area contributed by atoms with Crippen LogP contribution >= 0.6 is 11.6 Å². The summed E-state index contributed by atoms with van der Waals surface area (Å²) in [5, 5.41) is 14.5. The van der Waals surface area contributed by atoms with Crippen molar-refractivity contribution in [3.8, 4) is 0 Å². The number of hydrogen-bond acceptors (Lipinski definition) is 3. The van der Waals surface area contributed by atoms with Crippen molar-refractivity contribution in [2.75, 3.05) is 5.32 Å². The number of anilines is 1. The molecule has 0 saturated heterocycles. The van der Waals surface area contributed by atoms with Crippen molar-refractivity contribution in [3.05, 3.63) is 68.7 Å². The van der Waals surface area contributed by atoms with Crippen LogP contribution in [0.25, 0.3) is 0 Å². The molecule has 98 valence electrons. The van der Waals surface area contributed by atoms with Gasteiger partial charge in [-0.15, -0.1) is 0 Å². The van der Waals surface area contributed by atoms with Crippen LogP contribution in [-0.4, -0.2) is 4.92 Å². The molecule has 0 saturated carbocycles. The molecule has 5 heteroatoms. The number of hydrogen-bond donors (Lipinski definition) is 1. The Balaban J connectivity index is 2.04. The van der Waals surface area contributed by atoms with Gasteiger partial charge >= 0.3 is 0 Å². The minimum absolute atomic E-state index is 0.0909. The van der Waals surface area contributed by atoms with Gasteiger partial charge in [-0.25, -0.2) is 0 Å². The summed E-state index contributed by atoms with van der Waals surface area (Å²) in [6, 6.07) is 12.1. The van der Waals surface area contributed by atoms with E-state index in [1.807, 2.05) is 25.1 Å². The fourth-order valence-electron chi connectivity index (χ4n) is 1.76. The summed E-state index contributed by atoms with van der Waals surface area (Å²) in [5.74, 6) is 0. The van der Waals surface area contributed by atoms with Crippen molar-refractivity contribution < 1.29 is 4.92 Å². The third-order valence-electron chi connectivity index (χ3n) is 2.87. The van der Waals surface area contributed by atoms with E-state index in [1.165, 1.54) is 12.1 Å². The maximum absolute atomic E-state index is 10.5. The molecule has 0 aliphatic rings. The number of nitrogens with zero attached hydrogens (tertiary/aromatic N) is 1. The molecular formula is C14H13ClN2O2. The Hall–Kier alpha value is -2.07. The number of nitro benzene ring substituents is 1. The number of non-ortho nitro benzene ring substituents is 1. The quantitative estimate of drug-likeness (QED) is 0.673. The zero-order valence-electron chi connectivity index (χ0n) is 10.4. The normalized spacial score (nSPS) is 10.2. The highest BCUT2D eigenvalue weighted by Gasteiger charge is 2.04. The number of nitrogens with one attached hydrogen (secondary N) is 1. The highest BCUT2D eigenvalue weighted by atomic mass is 35.5. The van der Waals surface area contributed by atoms with Gasteiger partial charge in [0.15, 0.2) is 0 Å². The summed E-state index contributed by atoms with van der Waals surface area (Å²) in [7, 11) is 0. The van der Waals surface area contributed by atoms with E-state index in [1.54, 1.807) is 12.1 Å². The summed E-state index contributed by atoms with van der Waals surface area (Å²) in [5.41, 5.74) is 3.19. The maximum Gasteiger partial charge on any atom is 0.269 e. The van der Waals surface area contributed by atoms with Crippen molar-refractivity contribution in [2.24, 2.45) is 0 Å². The first-order chi connectivity index (χ1) is 9.06. The predicted octanol–water partition coefficient (Wildman–Crippen LogP) is 4.17. The van der Waals surface area contributed by atoms with Gasteiger partial charge in [0.05, 0.1) is 4.92 Å². The van der Waals surface area contributed by atoms with Crippen LogP contribution < -0.4 is 5.32 Å². The fraction of sp³-hybridized carbons (Fsp3) is 0.143. The van der Waals surface area contributed by atoms with E-state index >= 15 is 0 Å². The van der Waals surface area contributed by atoms with E-state index in [0.29, 0.717) is 6.54 Å². The number of rotatable bonds is 4. The lowest BCUT2D eigenvalue weighted by molar-refractivity contribution is -0.384. The van der Waals surface area contributed by atoms with Crippen LogP contribution in [0, 0.1) is 17.0 Å². The van der Waals surface area contributed by atoms with Gasteiger partial charge in [-0.2, -0.15) is 0 Å². The molecule has 0 atom stereocenters. The standard InChI is InChI=1S/C14H13ClN2O2/c1-10-8-12(15)3-2-11(10)9-16-13-4-6-14(7-5-13)17(18)19/h2-8,16H,9H2,1H3. The van der Waals surface area contributed by atoms with Gasteiger partial charge in [0.2, 0.25) is 0 Å². The minimum atomic E-state index is -0.410. The number of halogens is 1. The molecule has 0 heterocycles. The number of aryl methyl sites for hydroxylation is 1. The molecule has 1 N–H and O–H groups in total. The van der Waals surface area contributed by atoms with Gasteiger partial charge in [0.25, 0.3) is 5.69 Å². The van der Waals surface area contributed by atoms with Gasteiger partial charge in [-0.3, -0.25) is 10.1 Å². The summed E-state index contributed by atoms with van der Waals surface area (Å²) in [4.78, 5) is 10.1. The molecule has 0 aromatic heterocycles. The summed E-state index contributed by atoms with van der Waals surface area (Å²) in [6.45, 7) is 2.65. The SMILES string of the molecule is Cc1cc(Cl)ccc1CNc1ccc([N+](=O)[O-])cc1. The van der Waals surface area contributed by atoms with Crippen LogP contribution in [0.15, 0.2) is 42.5 Å². The summed E-state index contributed by atoms with van der Waals surface area (Å²) in [6.07, 6.45) is 0. The molecule has 0 fully saturated rings. The Labute approximate surface area is 116 Å². The van der Waals surface area contributed by atoms with Crippen molar-refractivity contribution >= 4 is 23.0 Å². The van der Waals surface area contributed by atoms with Gasteiger partial charge in [0, 0.05) is 29.4 Å². The Morgan fingerprint density at radius 3 is 2.47 bits per heavy atom. The molecule has 2 rings (SSSR count). The Bertz CT molecular complexity index is 597. The van der Waals surface area contributed by atoms with Crippen LogP contribution in [0.1, 0.15) is 11.1 Å². The average Bonchev–Trinajstić information content (AvgIpc) is 2.38. The molecule has 0 unspecified atom stereocenters. The molecule has 0 amide bonds. The first kappa shape index (κ1) is 13.4. The first-order valence-corrected chi connectivity index (χ1v) is 6.17. The van der Waals surface area contributed by atoms with E-state index in [-0.39, 0.29) is 5.69 Å². The number of benzene rings is 2. The second-order valence-electron chi connectivity index (χ2n) is 4.23. The lowest BCUT2D eigenvalue weighted by Gasteiger charge is -2.09. The lowest BCUT2D eigenvalue weighted by atomic mass is 10.1. The van der Waals surface area contributed by atoms with Crippen molar-refractivity contribution in [1.82, 2.24) is 0 Å². The molecule has 0 bridgehead atoms. The van der Waals surface area contributed by atoms with Crippen molar-refractivity contribution in [3.63, 3.8) is 0 Å². The maximum atomic E-state index is 10.5. The van der Waals surface area contributed by atoms with Crippen LogP contribution in [-0.2, 0) is 6.54 Å². The zero-order valence-corrected chi connectivity index (χ0v) is 11.1. The van der Waals surface area contributed by atoms with Crippen molar-refractivity contribution in [1.29, 1.82) is 0 Å². The average molecular weight is 277 g/mol. The molecule has 2 aromatic rings. The summed E-state index contributed by atoms with van der Waals surface area (Å²) < 4.78 is 0. The highest BCUT2D eigenvalue weighted by Crippen LogP contribution is 2.18. The van der Waals surface area contributed by atoms with E-state index in [2.05, 4.69) is 5.32 Å². The Morgan fingerprint density at radius 2 is 1.89 bits per heavy atom. The van der Waals surface area contributed by atoms with Crippen LogP contribution in [0.2, 0.25) is 5.02 Å². The summed E-state index contributed by atoms with van der Waals surface area (Å²) >= 11 is 5.90. The van der Waals surface area contributed by atoms with Crippen LogP contribution in [0.5, 0.6) is 0 Å². The predicted molar refractivity (Wildman–Crippen MR) is 76.6 cm³/mol. The third-order valence-corrected chi connectivity index (χ3v) is 3.10. The molecule has 2 aromatic carbocycles. The van der Waals surface area contributed by atoms with Gasteiger partial charge < -0.3 is 5.32 Å². The lowest BCUT2D eigenvalue weighted by Crippen LogP contribution is -2.01. The van der Waals surface area contributed by atoms with Gasteiger partial charge in [0.1, 0.15) is 0 Å². The molecule has 0 spiro atoms. The molecule has 0 aliphatic heterocycles. The van der Waals surface area contributed by atoms with Crippen LogP contribution in [0.3, 0.4) is 0 Å². The second-order valence-corrected chi connectivity index (χ2v) is 4.66. The topological polar surface area (TPSA) is 55.2 Å². The zero-order chi connectivity index (χ0) is 13.8. The third kappa shape index (κ3) is 3.45. The van der Waals surface area contributed by atoms with E-state index in [9.17, 15) is 10.1 Å². The molecular weight excluding hydrogens is 264 g/mol. The highest BCUT2D eigenvalue weighted by molar-refractivity contribution is 6.30. The van der Waals surface area contributed by atoms with E-state index < -0.39 is 4.92 Å². The largest absolute Gasteiger partial charge is 0.381 e. The number of nitro groups is 1. The van der Waals surface area contributed by atoms with E-state index in [4.69, 9.17) is 11.6 Å². The van der Waals surface area contributed by atoms with Gasteiger partial charge in [-0.05, 0) is 42.3 Å².